The number of carbonyl (C=O) groups excluding carboxylic acids is 1. The number of amides is 1. The fourth-order valence-corrected chi connectivity index (χ4v) is 1.60. The van der Waals surface area contributed by atoms with E-state index in [2.05, 4.69) is 5.32 Å². The number of unbranched alkanes of at least 4 members (excludes halogenated alkanes) is 1. The fourth-order valence-electron chi connectivity index (χ4n) is 1.60. The van der Waals surface area contributed by atoms with Crippen LogP contribution in [0.25, 0.3) is 0 Å². The van der Waals surface area contributed by atoms with Gasteiger partial charge in [0.05, 0.1) is 11.1 Å². The Labute approximate surface area is 115 Å². The van der Waals surface area contributed by atoms with Crippen LogP contribution < -0.4 is 11.1 Å². The summed E-state index contributed by atoms with van der Waals surface area (Å²) < 4.78 is 0. The van der Waals surface area contributed by atoms with E-state index in [1.54, 1.807) is 0 Å². The molecule has 7 nitrogen and oxygen atoms in total. The Hall–Kier alpha value is -2.41. The molecule has 1 rings (SSSR count). The Morgan fingerprint density at radius 2 is 1.55 bits per heavy atom. The topological polar surface area (TPSA) is 130 Å². The molecule has 0 saturated carbocycles. The number of benzene rings is 1. The molecular weight excluding hydrogens is 264 g/mol. The molecule has 108 valence electrons. The van der Waals surface area contributed by atoms with E-state index < -0.39 is 11.9 Å². The molecule has 20 heavy (non-hydrogen) atoms. The van der Waals surface area contributed by atoms with E-state index in [1.165, 1.54) is 12.1 Å². The monoisotopic (exact) mass is 280 g/mol. The van der Waals surface area contributed by atoms with E-state index in [0.717, 1.165) is 6.07 Å². The summed E-state index contributed by atoms with van der Waals surface area (Å²) in [4.78, 5) is 33.4. The molecular formula is C13H16N2O5. The Bertz CT molecular complexity index is 495. The van der Waals surface area contributed by atoms with E-state index in [9.17, 15) is 14.4 Å². The van der Waals surface area contributed by atoms with Gasteiger partial charge in [-0.1, -0.05) is 0 Å². The van der Waals surface area contributed by atoms with Crippen LogP contribution in [0.5, 0.6) is 0 Å². The average molecular weight is 280 g/mol. The zero-order valence-electron chi connectivity index (χ0n) is 10.8. The molecule has 0 heterocycles. The van der Waals surface area contributed by atoms with Crippen molar-refractivity contribution in [2.45, 2.75) is 19.3 Å². The number of carboxylic acids is 2. The molecule has 0 aliphatic carbocycles. The highest BCUT2D eigenvalue weighted by molar-refractivity contribution is 5.98. The summed E-state index contributed by atoms with van der Waals surface area (Å²) in [5.41, 5.74) is 5.08. The molecule has 7 heteroatoms. The standard InChI is InChI=1S/C13H16N2O5/c14-4-2-1-3-11(16)15-10-6-8(12(17)18)5-9(7-10)13(19)20/h5-7H,1-4,14H2,(H,15,16)(H,17,18)(H,19,20). The lowest BCUT2D eigenvalue weighted by Gasteiger charge is -2.07. The Kier molecular flexibility index (Phi) is 5.67. The molecule has 0 atom stereocenters. The predicted molar refractivity (Wildman–Crippen MR) is 71.9 cm³/mol. The number of carbonyl (C=O) groups is 3. The number of anilines is 1. The molecule has 0 unspecified atom stereocenters. The summed E-state index contributed by atoms with van der Waals surface area (Å²) >= 11 is 0. The number of hydrogen-bond donors (Lipinski definition) is 4. The highest BCUT2D eigenvalue weighted by Crippen LogP contribution is 2.16. The SMILES string of the molecule is NCCCCC(=O)Nc1cc(C(=O)O)cc(C(=O)O)c1. The minimum atomic E-state index is -1.26. The van der Waals surface area contributed by atoms with Crippen molar-refractivity contribution in [2.75, 3.05) is 11.9 Å². The number of hydrogen-bond acceptors (Lipinski definition) is 4. The second-order valence-corrected chi connectivity index (χ2v) is 4.20. The Morgan fingerprint density at radius 1 is 1.00 bits per heavy atom. The minimum absolute atomic E-state index is 0.153. The molecule has 0 aromatic heterocycles. The van der Waals surface area contributed by atoms with Crippen LogP contribution in [0.3, 0.4) is 0 Å². The maximum absolute atomic E-state index is 11.6. The number of nitrogens with two attached hydrogens (primary N) is 1. The van der Waals surface area contributed by atoms with Crippen molar-refractivity contribution >= 4 is 23.5 Å². The number of aromatic carboxylic acids is 2. The molecule has 0 radical (unpaired) electrons. The average Bonchev–Trinajstić information content (AvgIpc) is 2.38. The summed E-state index contributed by atoms with van der Waals surface area (Å²) in [6.45, 7) is 0.491. The van der Waals surface area contributed by atoms with Crippen molar-refractivity contribution < 1.29 is 24.6 Å². The van der Waals surface area contributed by atoms with Gasteiger partial charge >= 0.3 is 11.9 Å². The van der Waals surface area contributed by atoms with Gasteiger partial charge in [0.25, 0.3) is 0 Å². The first kappa shape index (κ1) is 15.6. The number of carboxylic acid groups (broad SMARTS) is 2. The van der Waals surface area contributed by atoms with Crippen molar-refractivity contribution in [3.8, 4) is 0 Å². The normalized spacial score (nSPS) is 10.1. The highest BCUT2D eigenvalue weighted by Gasteiger charge is 2.12. The summed E-state index contributed by atoms with van der Waals surface area (Å²) in [6.07, 6.45) is 1.58. The van der Waals surface area contributed by atoms with E-state index in [0.29, 0.717) is 19.4 Å². The van der Waals surface area contributed by atoms with Gasteiger partial charge in [-0.2, -0.15) is 0 Å². The lowest BCUT2D eigenvalue weighted by atomic mass is 10.1. The molecule has 1 aromatic carbocycles. The van der Waals surface area contributed by atoms with Gasteiger partial charge in [-0.3, -0.25) is 4.79 Å². The van der Waals surface area contributed by atoms with Crippen molar-refractivity contribution in [1.82, 2.24) is 0 Å². The second kappa shape index (κ2) is 7.25. The first-order valence-corrected chi connectivity index (χ1v) is 6.05. The maximum atomic E-state index is 11.6. The third-order valence-electron chi connectivity index (χ3n) is 2.57. The predicted octanol–water partition coefficient (Wildman–Crippen LogP) is 1.15. The van der Waals surface area contributed by atoms with Crippen LogP contribution in [0.4, 0.5) is 5.69 Å². The summed E-state index contributed by atoms with van der Waals surface area (Å²) in [7, 11) is 0. The van der Waals surface area contributed by atoms with Gasteiger partial charge in [0, 0.05) is 12.1 Å². The summed E-state index contributed by atoms with van der Waals surface area (Å²) in [5, 5.41) is 20.3. The zero-order chi connectivity index (χ0) is 15.1. The van der Waals surface area contributed by atoms with Crippen LogP contribution in [0.15, 0.2) is 18.2 Å². The maximum Gasteiger partial charge on any atom is 0.335 e. The van der Waals surface area contributed by atoms with Gasteiger partial charge in [0.15, 0.2) is 0 Å². The fraction of sp³-hybridized carbons (Fsp3) is 0.308. The van der Waals surface area contributed by atoms with Crippen LogP contribution in [-0.2, 0) is 4.79 Å². The largest absolute Gasteiger partial charge is 0.478 e. The van der Waals surface area contributed by atoms with Crippen LogP contribution in [0, 0.1) is 0 Å². The zero-order valence-corrected chi connectivity index (χ0v) is 10.8. The Balaban J connectivity index is 2.86. The first-order valence-electron chi connectivity index (χ1n) is 6.05. The molecule has 5 N–H and O–H groups in total. The van der Waals surface area contributed by atoms with E-state index in [1.807, 2.05) is 0 Å². The van der Waals surface area contributed by atoms with E-state index in [-0.39, 0.29) is 29.1 Å². The molecule has 1 amide bonds. The molecule has 1 aromatic rings. The van der Waals surface area contributed by atoms with Crippen molar-refractivity contribution in [3.05, 3.63) is 29.3 Å². The lowest BCUT2D eigenvalue weighted by molar-refractivity contribution is -0.116. The van der Waals surface area contributed by atoms with Crippen molar-refractivity contribution in [2.24, 2.45) is 5.73 Å². The van der Waals surface area contributed by atoms with Crippen molar-refractivity contribution in [1.29, 1.82) is 0 Å². The highest BCUT2D eigenvalue weighted by atomic mass is 16.4. The minimum Gasteiger partial charge on any atom is -0.478 e. The second-order valence-electron chi connectivity index (χ2n) is 4.20. The van der Waals surface area contributed by atoms with Crippen LogP contribution in [-0.4, -0.2) is 34.6 Å². The Morgan fingerprint density at radius 3 is 2.00 bits per heavy atom. The number of nitrogens with one attached hydrogen (secondary N) is 1. The van der Waals surface area contributed by atoms with Gasteiger partial charge in [-0.25, -0.2) is 9.59 Å². The third-order valence-corrected chi connectivity index (χ3v) is 2.57. The summed E-state index contributed by atoms with van der Waals surface area (Å²) in [5.74, 6) is -2.82. The molecule has 0 saturated heterocycles. The van der Waals surface area contributed by atoms with Gasteiger partial charge in [-0.05, 0) is 37.6 Å². The summed E-state index contributed by atoms with van der Waals surface area (Å²) in [6, 6.07) is 3.47. The van der Waals surface area contributed by atoms with E-state index in [4.69, 9.17) is 15.9 Å². The van der Waals surface area contributed by atoms with Crippen LogP contribution in [0.2, 0.25) is 0 Å². The van der Waals surface area contributed by atoms with Gasteiger partial charge in [-0.15, -0.1) is 0 Å². The smallest absolute Gasteiger partial charge is 0.335 e. The quantitative estimate of drug-likeness (QED) is 0.554. The van der Waals surface area contributed by atoms with Crippen LogP contribution >= 0.6 is 0 Å². The molecule has 0 aliphatic heterocycles. The third kappa shape index (κ3) is 4.69. The lowest BCUT2D eigenvalue weighted by Crippen LogP contribution is -2.13. The molecule has 0 aliphatic rings. The van der Waals surface area contributed by atoms with Crippen LogP contribution in [0.1, 0.15) is 40.0 Å². The molecule has 0 fully saturated rings. The molecule has 0 bridgehead atoms. The van der Waals surface area contributed by atoms with Gasteiger partial charge in [0.1, 0.15) is 0 Å². The van der Waals surface area contributed by atoms with E-state index >= 15 is 0 Å². The number of rotatable bonds is 7. The first-order chi connectivity index (χ1) is 9.43. The molecule has 0 spiro atoms. The van der Waals surface area contributed by atoms with Gasteiger partial charge < -0.3 is 21.3 Å². The van der Waals surface area contributed by atoms with Gasteiger partial charge in [0.2, 0.25) is 5.91 Å². The van der Waals surface area contributed by atoms with Crippen molar-refractivity contribution in [3.63, 3.8) is 0 Å².